The molecule has 2 aromatic rings. The van der Waals surface area contributed by atoms with Crippen LogP contribution in [0.15, 0.2) is 42.5 Å². The highest BCUT2D eigenvalue weighted by atomic mass is 32.2. The Kier molecular flexibility index (Phi) is 6.85. The monoisotopic (exact) mass is 390 g/mol. The lowest BCUT2D eigenvalue weighted by Gasteiger charge is -2.24. The van der Waals surface area contributed by atoms with Crippen molar-refractivity contribution < 1.29 is 17.9 Å². The third-order valence-corrected chi connectivity index (χ3v) is 5.20. The fraction of sp³-hybridized carbons (Fsp3) is 0.350. The molecule has 2 rings (SSSR count). The average molecular weight is 391 g/mol. The highest BCUT2D eigenvalue weighted by Crippen LogP contribution is 2.24. The van der Waals surface area contributed by atoms with Crippen LogP contribution in [0.2, 0.25) is 0 Å². The van der Waals surface area contributed by atoms with Crippen molar-refractivity contribution in [3.8, 4) is 5.75 Å². The Hall–Kier alpha value is -2.54. The maximum Gasteiger partial charge on any atom is 0.232 e. The Morgan fingerprint density at radius 2 is 1.78 bits per heavy atom. The van der Waals surface area contributed by atoms with Crippen molar-refractivity contribution in [2.45, 2.75) is 27.2 Å². The smallest absolute Gasteiger partial charge is 0.232 e. The van der Waals surface area contributed by atoms with Crippen LogP contribution >= 0.6 is 0 Å². The first-order valence-corrected chi connectivity index (χ1v) is 10.6. The summed E-state index contributed by atoms with van der Waals surface area (Å²) in [4.78, 5) is 12.3. The van der Waals surface area contributed by atoms with Crippen LogP contribution < -0.4 is 14.4 Å². The molecule has 6 nitrogen and oxygen atoms in total. The summed E-state index contributed by atoms with van der Waals surface area (Å²) < 4.78 is 31.1. The lowest BCUT2D eigenvalue weighted by molar-refractivity contribution is -0.116. The van der Waals surface area contributed by atoms with Crippen LogP contribution in [0.3, 0.4) is 0 Å². The van der Waals surface area contributed by atoms with Crippen molar-refractivity contribution in [3.63, 3.8) is 0 Å². The van der Waals surface area contributed by atoms with Crippen LogP contribution in [0.25, 0.3) is 0 Å². The van der Waals surface area contributed by atoms with E-state index in [-0.39, 0.29) is 18.9 Å². The number of ether oxygens (including phenoxy) is 1. The molecule has 0 aliphatic carbocycles. The zero-order valence-corrected chi connectivity index (χ0v) is 17.0. The van der Waals surface area contributed by atoms with Gasteiger partial charge in [0.25, 0.3) is 0 Å². The van der Waals surface area contributed by atoms with Gasteiger partial charge in [-0.2, -0.15) is 0 Å². The van der Waals surface area contributed by atoms with E-state index in [1.54, 1.807) is 24.3 Å². The van der Waals surface area contributed by atoms with Gasteiger partial charge in [0.15, 0.2) is 0 Å². The minimum Gasteiger partial charge on any atom is -0.494 e. The molecule has 0 unspecified atom stereocenters. The maximum atomic E-state index is 12.3. The number of carbonyl (C=O) groups excluding carboxylic acids is 1. The zero-order chi connectivity index (χ0) is 20.0. The van der Waals surface area contributed by atoms with Crippen LogP contribution in [0.5, 0.6) is 5.75 Å². The highest BCUT2D eigenvalue weighted by Gasteiger charge is 2.20. The van der Waals surface area contributed by atoms with Gasteiger partial charge in [-0.15, -0.1) is 0 Å². The van der Waals surface area contributed by atoms with Gasteiger partial charge < -0.3 is 10.1 Å². The SMILES string of the molecule is CCOc1ccc(NC(=O)CCN(c2cc(C)ccc2C)S(C)(=O)=O)cc1. The molecular weight excluding hydrogens is 364 g/mol. The third kappa shape index (κ3) is 5.99. The lowest BCUT2D eigenvalue weighted by atomic mass is 10.1. The summed E-state index contributed by atoms with van der Waals surface area (Å²) in [6.07, 6.45) is 1.20. The summed E-state index contributed by atoms with van der Waals surface area (Å²) in [5, 5.41) is 2.78. The van der Waals surface area contributed by atoms with E-state index in [4.69, 9.17) is 4.74 Å². The number of nitrogens with zero attached hydrogens (tertiary/aromatic N) is 1. The van der Waals surface area contributed by atoms with Crippen molar-refractivity contribution in [2.24, 2.45) is 0 Å². The molecule has 0 aromatic heterocycles. The minimum atomic E-state index is -3.50. The topological polar surface area (TPSA) is 75.7 Å². The molecule has 0 saturated heterocycles. The lowest BCUT2D eigenvalue weighted by Crippen LogP contribution is -2.33. The summed E-state index contributed by atoms with van der Waals surface area (Å²) in [5.41, 5.74) is 3.05. The van der Waals surface area contributed by atoms with E-state index in [9.17, 15) is 13.2 Å². The Balaban J connectivity index is 2.06. The largest absolute Gasteiger partial charge is 0.494 e. The standard InChI is InChI=1S/C20H26N2O4S/c1-5-26-18-10-8-17(9-11-18)21-20(23)12-13-22(27(4,24)25)19-14-15(2)6-7-16(19)3/h6-11,14H,5,12-13H2,1-4H3,(H,21,23). The number of sulfonamides is 1. The number of amides is 1. The van der Waals surface area contributed by atoms with Gasteiger partial charge in [-0.1, -0.05) is 12.1 Å². The number of hydrogen-bond donors (Lipinski definition) is 1. The van der Waals surface area contributed by atoms with Crippen LogP contribution in [-0.4, -0.2) is 33.7 Å². The van der Waals surface area contributed by atoms with E-state index in [0.29, 0.717) is 18.0 Å². The summed E-state index contributed by atoms with van der Waals surface area (Å²) in [7, 11) is -3.50. The summed E-state index contributed by atoms with van der Waals surface area (Å²) in [6, 6.07) is 12.7. The first-order valence-electron chi connectivity index (χ1n) is 8.78. The highest BCUT2D eigenvalue weighted by molar-refractivity contribution is 7.92. The summed E-state index contributed by atoms with van der Waals surface area (Å²) in [5.74, 6) is 0.479. The first-order chi connectivity index (χ1) is 12.7. The van der Waals surface area contributed by atoms with Crippen molar-refractivity contribution in [1.82, 2.24) is 0 Å². The van der Waals surface area contributed by atoms with E-state index < -0.39 is 10.0 Å². The number of aryl methyl sites for hydroxylation is 2. The second-order valence-electron chi connectivity index (χ2n) is 6.38. The number of rotatable bonds is 8. The molecule has 1 amide bonds. The zero-order valence-electron chi connectivity index (χ0n) is 16.2. The molecule has 0 aliphatic rings. The second kappa shape index (κ2) is 8.90. The van der Waals surface area contributed by atoms with E-state index in [2.05, 4.69) is 5.32 Å². The van der Waals surface area contributed by atoms with Crippen LogP contribution in [0.1, 0.15) is 24.5 Å². The predicted molar refractivity (Wildman–Crippen MR) is 109 cm³/mol. The molecule has 146 valence electrons. The molecule has 0 radical (unpaired) electrons. The Morgan fingerprint density at radius 1 is 1.11 bits per heavy atom. The van der Waals surface area contributed by atoms with Crippen LogP contribution in [0, 0.1) is 13.8 Å². The normalized spacial score (nSPS) is 11.1. The van der Waals surface area contributed by atoms with E-state index in [1.807, 2.05) is 39.0 Å². The quantitative estimate of drug-likeness (QED) is 0.749. The summed E-state index contributed by atoms with van der Waals surface area (Å²) >= 11 is 0. The van der Waals surface area contributed by atoms with Crippen LogP contribution in [-0.2, 0) is 14.8 Å². The molecule has 7 heteroatoms. The minimum absolute atomic E-state index is 0.0493. The Morgan fingerprint density at radius 3 is 2.37 bits per heavy atom. The third-order valence-electron chi connectivity index (χ3n) is 4.02. The maximum absolute atomic E-state index is 12.3. The fourth-order valence-electron chi connectivity index (χ4n) is 2.68. The van der Waals surface area contributed by atoms with Crippen molar-refractivity contribution in [2.75, 3.05) is 29.0 Å². The molecule has 2 aromatic carbocycles. The number of hydrogen-bond acceptors (Lipinski definition) is 4. The molecule has 27 heavy (non-hydrogen) atoms. The van der Waals surface area contributed by atoms with Gasteiger partial charge in [0.1, 0.15) is 5.75 Å². The van der Waals surface area contributed by atoms with Gasteiger partial charge in [0.2, 0.25) is 15.9 Å². The molecule has 0 fully saturated rings. The number of anilines is 2. The van der Waals surface area contributed by atoms with Gasteiger partial charge >= 0.3 is 0 Å². The van der Waals surface area contributed by atoms with Gasteiger partial charge in [-0.25, -0.2) is 8.42 Å². The fourth-order valence-corrected chi connectivity index (χ4v) is 3.66. The van der Waals surface area contributed by atoms with Crippen molar-refractivity contribution in [3.05, 3.63) is 53.6 Å². The Bertz CT molecular complexity index is 893. The van der Waals surface area contributed by atoms with Crippen molar-refractivity contribution >= 4 is 27.3 Å². The van der Waals surface area contributed by atoms with Gasteiger partial charge in [0.05, 0.1) is 18.6 Å². The molecule has 1 N–H and O–H groups in total. The first kappa shape index (κ1) is 20.8. The molecule has 0 atom stereocenters. The molecule has 0 spiro atoms. The molecular formula is C20H26N2O4S. The molecule has 0 saturated carbocycles. The number of nitrogens with one attached hydrogen (secondary N) is 1. The molecule has 0 aliphatic heterocycles. The Labute approximate surface area is 161 Å². The molecule has 0 bridgehead atoms. The van der Waals surface area contributed by atoms with E-state index >= 15 is 0 Å². The van der Waals surface area contributed by atoms with Crippen molar-refractivity contribution in [1.29, 1.82) is 0 Å². The number of carbonyl (C=O) groups is 1. The van der Waals surface area contributed by atoms with Gasteiger partial charge in [-0.3, -0.25) is 9.10 Å². The predicted octanol–water partition coefficient (Wildman–Crippen LogP) is 3.50. The second-order valence-corrected chi connectivity index (χ2v) is 8.29. The van der Waals surface area contributed by atoms with Gasteiger partial charge in [0, 0.05) is 18.7 Å². The van der Waals surface area contributed by atoms with Crippen LogP contribution in [0.4, 0.5) is 11.4 Å². The van der Waals surface area contributed by atoms with E-state index in [0.717, 1.165) is 23.1 Å². The molecule has 0 heterocycles. The average Bonchev–Trinajstić information content (AvgIpc) is 2.59. The number of benzene rings is 2. The summed E-state index contributed by atoms with van der Waals surface area (Å²) in [6.45, 7) is 6.31. The van der Waals surface area contributed by atoms with E-state index in [1.165, 1.54) is 4.31 Å². The van der Waals surface area contributed by atoms with Gasteiger partial charge in [-0.05, 0) is 62.2 Å².